The highest BCUT2D eigenvalue weighted by Crippen LogP contribution is 2.25. The Bertz CT molecular complexity index is 682. The summed E-state index contributed by atoms with van der Waals surface area (Å²) in [6.45, 7) is 4.94. The Balaban J connectivity index is 1.69. The zero-order valence-electron chi connectivity index (χ0n) is 14.2. The molecular weight excluding hydrogens is 308 g/mol. The van der Waals surface area contributed by atoms with E-state index in [1.165, 1.54) is 6.33 Å². The lowest BCUT2D eigenvalue weighted by atomic mass is 10.1. The van der Waals surface area contributed by atoms with E-state index in [1.807, 2.05) is 13.0 Å². The molecule has 0 aromatic carbocycles. The molecule has 128 valence electrons. The van der Waals surface area contributed by atoms with Crippen LogP contribution in [-0.4, -0.2) is 48.2 Å². The summed E-state index contributed by atoms with van der Waals surface area (Å²) in [7, 11) is 1.71. The molecule has 0 aliphatic carbocycles. The van der Waals surface area contributed by atoms with Crippen molar-refractivity contribution in [3.63, 3.8) is 0 Å². The second-order valence-corrected chi connectivity index (χ2v) is 6.03. The van der Waals surface area contributed by atoms with Crippen molar-refractivity contribution in [2.45, 2.75) is 32.4 Å². The molecule has 3 rings (SSSR count). The van der Waals surface area contributed by atoms with E-state index in [0.29, 0.717) is 17.9 Å². The van der Waals surface area contributed by atoms with E-state index in [4.69, 9.17) is 9.15 Å². The Morgan fingerprint density at radius 2 is 2.33 bits per heavy atom. The monoisotopic (exact) mass is 330 g/mol. The number of amides is 1. The minimum absolute atomic E-state index is 0.109. The third-order valence-electron chi connectivity index (χ3n) is 4.45. The van der Waals surface area contributed by atoms with Crippen LogP contribution in [0.5, 0.6) is 0 Å². The zero-order valence-corrected chi connectivity index (χ0v) is 14.2. The van der Waals surface area contributed by atoms with Crippen molar-refractivity contribution < 1.29 is 13.9 Å². The first-order chi connectivity index (χ1) is 11.6. The number of nitrogens with zero attached hydrogens (tertiary/aromatic N) is 3. The van der Waals surface area contributed by atoms with Crippen LogP contribution >= 0.6 is 0 Å². The Morgan fingerprint density at radius 1 is 1.50 bits per heavy atom. The normalized spacial score (nSPS) is 20.4. The highest BCUT2D eigenvalue weighted by Gasteiger charge is 2.33. The number of furan rings is 1. The standard InChI is InChI=1S/C17H22N4O3/c1-11-9-24-12(2)16(11)17(22)19-7-13-6-14(23-3)8-21(13)15-4-5-18-10-20-15/h4-5,9-10,13-14H,6-8H2,1-3H3,(H,19,22)/t13-,14-/m1/s1. The van der Waals surface area contributed by atoms with Gasteiger partial charge in [0, 0.05) is 32.0 Å². The summed E-state index contributed by atoms with van der Waals surface area (Å²) < 4.78 is 10.8. The van der Waals surface area contributed by atoms with Crippen LogP contribution in [0, 0.1) is 13.8 Å². The molecule has 1 amide bonds. The molecule has 0 saturated carbocycles. The molecule has 1 fully saturated rings. The van der Waals surface area contributed by atoms with Gasteiger partial charge in [-0.3, -0.25) is 4.79 Å². The second-order valence-electron chi connectivity index (χ2n) is 6.03. The van der Waals surface area contributed by atoms with Gasteiger partial charge < -0.3 is 19.4 Å². The van der Waals surface area contributed by atoms with E-state index in [0.717, 1.165) is 24.3 Å². The lowest BCUT2D eigenvalue weighted by Crippen LogP contribution is -2.40. The molecule has 2 aromatic heterocycles. The van der Waals surface area contributed by atoms with Crippen LogP contribution in [0.15, 0.2) is 29.3 Å². The van der Waals surface area contributed by atoms with Crippen molar-refractivity contribution in [2.75, 3.05) is 25.1 Å². The maximum atomic E-state index is 12.5. The zero-order chi connectivity index (χ0) is 17.1. The third-order valence-corrected chi connectivity index (χ3v) is 4.45. The summed E-state index contributed by atoms with van der Waals surface area (Å²) >= 11 is 0. The van der Waals surface area contributed by atoms with Crippen LogP contribution in [0.4, 0.5) is 5.82 Å². The summed E-state index contributed by atoms with van der Waals surface area (Å²) in [6.07, 6.45) is 5.82. The Hall–Kier alpha value is -2.41. The van der Waals surface area contributed by atoms with E-state index in [2.05, 4.69) is 20.2 Å². The largest absolute Gasteiger partial charge is 0.469 e. The summed E-state index contributed by atoms with van der Waals surface area (Å²) in [5, 5.41) is 3.01. The fourth-order valence-corrected chi connectivity index (χ4v) is 3.18. The smallest absolute Gasteiger partial charge is 0.255 e. The maximum Gasteiger partial charge on any atom is 0.255 e. The van der Waals surface area contributed by atoms with Crippen LogP contribution in [0.1, 0.15) is 28.1 Å². The van der Waals surface area contributed by atoms with Crippen LogP contribution in [0.3, 0.4) is 0 Å². The highest BCUT2D eigenvalue weighted by molar-refractivity contribution is 5.96. The average molecular weight is 330 g/mol. The highest BCUT2D eigenvalue weighted by atomic mass is 16.5. The molecule has 1 aliphatic heterocycles. The van der Waals surface area contributed by atoms with Gasteiger partial charge in [-0.05, 0) is 26.3 Å². The van der Waals surface area contributed by atoms with E-state index in [-0.39, 0.29) is 18.1 Å². The fraction of sp³-hybridized carbons (Fsp3) is 0.471. The van der Waals surface area contributed by atoms with E-state index in [9.17, 15) is 4.79 Å². The number of carbonyl (C=O) groups is 1. The van der Waals surface area contributed by atoms with Gasteiger partial charge >= 0.3 is 0 Å². The number of aryl methyl sites for hydroxylation is 2. The number of carbonyl (C=O) groups excluding carboxylic acids is 1. The maximum absolute atomic E-state index is 12.5. The lowest BCUT2D eigenvalue weighted by molar-refractivity contribution is 0.0944. The van der Waals surface area contributed by atoms with Crippen LogP contribution < -0.4 is 10.2 Å². The van der Waals surface area contributed by atoms with Crippen molar-refractivity contribution in [1.29, 1.82) is 0 Å². The lowest BCUT2D eigenvalue weighted by Gasteiger charge is -2.25. The SMILES string of the molecule is CO[C@@H]1C[C@H](CNC(=O)c2c(C)coc2C)N(c2ccncn2)C1. The van der Waals surface area contributed by atoms with Crippen molar-refractivity contribution in [2.24, 2.45) is 0 Å². The van der Waals surface area contributed by atoms with E-state index < -0.39 is 0 Å². The quantitative estimate of drug-likeness (QED) is 0.899. The van der Waals surface area contributed by atoms with Gasteiger partial charge in [0.15, 0.2) is 0 Å². The number of anilines is 1. The molecule has 0 spiro atoms. The molecule has 1 aliphatic rings. The molecule has 0 bridgehead atoms. The molecule has 2 aromatic rings. The number of nitrogens with one attached hydrogen (secondary N) is 1. The molecule has 7 nitrogen and oxygen atoms in total. The number of hydrogen-bond acceptors (Lipinski definition) is 6. The molecule has 7 heteroatoms. The molecule has 1 saturated heterocycles. The Labute approximate surface area is 141 Å². The van der Waals surface area contributed by atoms with Crippen LogP contribution in [0.25, 0.3) is 0 Å². The van der Waals surface area contributed by atoms with Crippen molar-refractivity contribution >= 4 is 11.7 Å². The van der Waals surface area contributed by atoms with Crippen LogP contribution in [0.2, 0.25) is 0 Å². The second kappa shape index (κ2) is 7.00. The van der Waals surface area contributed by atoms with Gasteiger partial charge in [0.1, 0.15) is 17.9 Å². The van der Waals surface area contributed by atoms with Gasteiger partial charge in [0.2, 0.25) is 0 Å². The molecule has 1 N–H and O–H groups in total. The Kier molecular flexibility index (Phi) is 4.80. The average Bonchev–Trinajstić information content (AvgIpc) is 3.16. The van der Waals surface area contributed by atoms with Gasteiger partial charge in [0.25, 0.3) is 5.91 Å². The van der Waals surface area contributed by atoms with Crippen LogP contribution in [-0.2, 0) is 4.74 Å². The van der Waals surface area contributed by atoms with E-state index in [1.54, 1.807) is 26.5 Å². The fourth-order valence-electron chi connectivity index (χ4n) is 3.18. The first-order valence-corrected chi connectivity index (χ1v) is 7.98. The predicted molar refractivity (Wildman–Crippen MR) is 89.1 cm³/mol. The summed E-state index contributed by atoms with van der Waals surface area (Å²) in [6, 6.07) is 2.00. The number of aromatic nitrogens is 2. The number of rotatable bonds is 5. The van der Waals surface area contributed by atoms with Gasteiger partial charge in [0.05, 0.1) is 24.0 Å². The first-order valence-electron chi connectivity index (χ1n) is 7.98. The van der Waals surface area contributed by atoms with Gasteiger partial charge in [-0.2, -0.15) is 0 Å². The molecule has 0 unspecified atom stereocenters. The molecular formula is C17H22N4O3. The van der Waals surface area contributed by atoms with Gasteiger partial charge in [-0.15, -0.1) is 0 Å². The summed E-state index contributed by atoms with van der Waals surface area (Å²) in [5.41, 5.74) is 1.46. The van der Waals surface area contributed by atoms with Crippen molar-refractivity contribution in [3.8, 4) is 0 Å². The number of ether oxygens (including phenoxy) is 1. The molecule has 3 heterocycles. The molecule has 2 atom stereocenters. The minimum Gasteiger partial charge on any atom is -0.469 e. The molecule has 24 heavy (non-hydrogen) atoms. The number of methoxy groups -OCH3 is 1. The molecule has 0 radical (unpaired) electrons. The predicted octanol–water partition coefficient (Wildman–Crippen LogP) is 1.71. The van der Waals surface area contributed by atoms with Crippen molar-refractivity contribution in [1.82, 2.24) is 15.3 Å². The first kappa shape index (κ1) is 16.4. The van der Waals surface area contributed by atoms with E-state index >= 15 is 0 Å². The summed E-state index contributed by atoms with van der Waals surface area (Å²) in [5.74, 6) is 1.38. The topological polar surface area (TPSA) is 80.5 Å². The Morgan fingerprint density at radius 3 is 2.96 bits per heavy atom. The van der Waals surface area contributed by atoms with Crippen molar-refractivity contribution in [3.05, 3.63) is 41.7 Å². The number of hydrogen-bond donors (Lipinski definition) is 1. The third kappa shape index (κ3) is 3.26. The van der Waals surface area contributed by atoms with Gasteiger partial charge in [-0.25, -0.2) is 9.97 Å². The minimum atomic E-state index is -0.109. The summed E-state index contributed by atoms with van der Waals surface area (Å²) in [4.78, 5) is 22.9. The van der Waals surface area contributed by atoms with Gasteiger partial charge in [-0.1, -0.05) is 0 Å².